The minimum atomic E-state index is 0.0509. The summed E-state index contributed by atoms with van der Waals surface area (Å²) in [6.45, 7) is 8.54. The summed E-state index contributed by atoms with van der Waals surface area (Å²) in [4.78, 5) is 0. The molecule has 0 atom stereocenters. The van der Waals surface area contributed by atoms with Gasteiger partial charge in [-0.2, -0.15) is 0 Å². The third kappa shape index (κ3) is 1.87. The van der Waals surface area contributed by atoms with Gasteiger partial charge in [-0.15, -0.1) is 0 Å². The third-order valence-corrected chi connectivity index (χ3v) is 2.65. The molecule has 0 aliphatic carbocycles. The zero-order valence-electron chi connectivity index (χ0n) is 10.2. The highest BCUT2D eigenvalue weighted by Crippen LogP contribution is 2.35. The predicted molar refractivity (Wildman–Crippen MR) is 65.4 cm³/mol. The smallest absolute Gasteiger partial charge is 0.170 e. The van der Waals surface area contributed by atoms with Crippen molar-refractivity contribution in [3.05, 3.63) is 41.6 Å². The Morgan fingerprint density at radius 3 is 2.25 bits per heavy atom. The van der Waals surface area contributed by atoms with E-state index in [1.807, 2.05) is 25.1 Å². The number of aromatic nitrogens is 1. The Hall–Kier alpha value is -1.57. The molecule has 1 aromatic carbocycles. The van der Waals surface area contributed by atoms with Gasteiger partial charge in [-0.3, -0.25) is 0 Å². The van der Waals surface area contributed by atoms with Crippen molar-refractivity contribution in [1.29, 1.82) is 0 Å². The average molecular weight is 215 g/mol. The van der Waals surface area contributed by atoms with Crippen LogP contribution in [-0.4, -0.2) is 5.16 Å². The molecule has 0 saturated heterocycles. The van der Waals surface area contributed by atoms with E-state index in [2.05, 4.69) is 38.1 Å². The van der Waals surface area contributed by atoms with Crippen LogP contribution in [0.2, 0.25) is 0 Å². The van der Waals surface area contributed by atoms with Gasteiger partial charge in [0.2, 0.25) is 0 Å². The van der Waals surface area contributed by atoms with Crippen molar-refractivity contribution in [2.45, 2.75) is 33.1 Å². The molecular formula is C14H17NO. The van der Waals surface area contributed by atoms with E-state index < -0.39 is 0 Å². The molecular weight excluding hydrogens is 198 g/mol. The van der Waals surface area contributed by atoms with Crippen molar-refractivity contribution in [1.82, 2.24) is 5.16 Å². The average Bonchev–Trinajstić information content (AvgIpc) is 2.61. The number of nitrogens with zero attached hydrogens (tertiary/aromatic N) is 1. The van der Waals surface area contributed by atoms with E-state index in [9.17, 15) is 0 Å². The maximum absolute atomic E-state index is 5.46. The first-order valence-corrected chi connectivity index (χ1v) is 5.52. The molecule has 0 N–H and O–H groups in total. The summed E-state index contributed by atoms with van der Waals surface area (Å²) in [7, 11) is 0. The van der Waals surface area contributed by atoms with Crippen LogP contribution in [0.3, 0.4) is 0 Å². The molecule has 0 bridgehead atoms. The molecule has 0 aliphatic heterocycles. The Morgan fingerprint density at radius 1 is 1.06 bits per heavy atom. The van der Waals surface area contributed by atoms with Crippen molar-refractivity contribution < 1.29 is 4.52 Å². The molecule has 0 fully saturated rings. The van der Waals surface area contributed by atoms with Crippen LogP contribution in [0.4, 0.5) is 0 Å². The van der Waals surface area contributed by atoms with Gasteiger partial charge in [0.05, 0.1) is 5.69 Å². The molecule has 0 spiro atoms. The highest BCUT2D eigenvalue weighted by molar-refractivity contribution is 5.63. The second-order valence-electron chi connectivity index (χ2n) is 5.09. The third-order valence-electron chi connectivity index (χ3n) is 2.65. The summed E-state index contributed by atoms with van der Waals surface area (Å²) < 4.78 is 5.46. The zero-order valence-corrected chi connectivity index (χ0v) is 10.2. The Labute approximate surface area is 96.3 Å². The fraction of sp³-hybridized carbons (Fsp3) is 0.357. The lowest BCUT2D eigenvalue weighted by molar-refractivity contribution is 0.425. The lowest BCUT2D eigenvalue weighted by Crippen LogP contribution is -2.12. The van der Waals surface area contributed by atoms with Gasteiger partial charge < -0.3 is 4.52 Å². The molecule has 2 aromatic rings. The predicted octanol–water partition coefficient (Wildman–Crippen LogP) is 3.95. The van der Waals surface area contributed by atoms with Crippen molar-refractivity contribution in [3.8, 4) is 11.3 Å². The first kappa shape index (κ1) is 10.9. The Bertz CT molecular complexity index is 477. The first-order valence-electron chi connectivity index (χ1n) is 5.52. The highest BCUT2D eigenvalue weighted by Gasteiger charge is 2.25. The van der Waals surface area contributed by atoms with E-state index in [1.54, 1.807) is 0 Å². The normalized spacial score (nSPS) is 11.8. The molecule has 1 heterocycles. The summed E-state index contributed by atoms with van der Waals surface area (Å²) in [5, 5.41) is 4.08. The zero-order chi connectivity index (χ0) is 11.8. The van der Waals surface area contributed by atoms with Crippen LogP contribution in [-0.2, 0) is 5.41 Å². The van der Waals surface area contributed by atoms with Crippen molar-refractivity contribution >= 4 is 0 Å². The Kier molecular flexibility index (Phi) is 2.58. The number of benzene rings is 1. The second kappa shape index (κ2) is 3.78. The molecule has 0 aliphatic rings. The van der Waals surface area contributed by atoms with Gasteiger partial charge in [0.1, 0.15) is 0 Å². The highest BCUT2D eigenvalue weighted by atomic mass is 16.5. The van der Waals surface area contributed by atoms with E-state index in [-0.39, 0.29) is 5.41 Å². The van der Waals surface area contributed by atoms with Crippen LogP contribution in [0.25, 0.3) is 11.3 Å². The minimum Gasteiger partial charge on any atom is -0.356 e. The van der Waals surface area contributed by atoms with E-state index in [1.165, 1.54) is 5.56 Å². The SMILES string of the molecule is Cc1noc(-c2ccccc2)c1C(C)(C)C. The summed E-state index contributed by atoms with van der Waals surface area (Å²) in [6.07, 6.45) is 0. The van der Waals surface area contributed by atoms with Gasteiger partial charge in [-0.05, 0) is 12.3 Å². The van der Waals surface area contributed by atoms with Gasteiger partial charge in [-0.25, -0.2) is 0 Å². The van der Waals surface area contributed by atoms with Crippen LogP contribution >= 0.6 is 0 Å². The number of aryl methyl sites for hydroxylation is 1. The van der Waals surface area contributed by atoms with Gasteiger partial charge in [-0.1, -0.05) is 56.3 Å². The van der Waals surface area contributed by atoms with Gasteiger partial charge in [0.25, 0.3) is 0 Å². The van der Waals surface area contributed by atoms with E-state index >= 15 is 0 Å². The fourth-order valence-corrected chi connectivity index (χ4v) is 2.04. The summed E-state index contributed by atoms with van der Waals surface area (Å²) in [6, 6.07) is 10.1. The molecule has 0 amide bonds. The van der Waals surface area contributed by atoms with Crippen LogP contribution in [0.5, 0.6) is 0 Å². The Morgan fingerprint density at radius 2 is 1.69 bits per heavy atom. The Balaban J connectivity index is 2.60. The first-order chi connectivity index (χ1) is 7.50. The summed E-state index contributed by atoms with van der Waals surface area (Å²) in [5.41, 5.74) is 3.31. The number of hydrogen-bond acceptors (Lipinski definition) is 2. The molecule has 2 nitrogen and oxygen atoms in total. The molecule has 0 unspecified atom stereocenters. The van der Waals surface area contributed by atoms with Crippen LogP contribution in [0.1, 0.15) is 32.0 Å². The quantitative estimate of drug-likeness (QED) is 0.720. The summed E-state index contributed by atoms with van der Waals surface area (Å²) >= 11 is 0. The molecule has 0 saturated carbocycles. The summed E-state index contributed by atoms with van der Waals surface area (Å²) in [5.74, 6) is 0.894. The minimum absolute atomic E-state index is 0.0509. The molecule has 16 heavy (non-hydrogen) atoms. The van der Waals surface area contributed by atoms with Gasteiger partial charge in [0, 0.05) is 11.1 Å². The van der Waals surface area contributed by atoms with Gasteiger partial charge >= 0.3 is 0 Å². The number of rotatable bonds is 1. The fourth-order valence-electron chi connectivity index (χ4n) is 2.04. The topological polar surface area (TPSA) is 26.0 Å². The molecule has 1 aromatic heterocycles. The van der Waals surface area contributed by atoms with Crippen molar-refractivity contribution in [2.24, 2.45) is 0 Å². The molecule has 84 valence electrons. The molecule has 2 rings (SSSR count). The van der Waals surface area contributed by atoms with Gasteiger partial charge in [0.15, 0.2) is 5.76 Å². The van der Waals surface area contributed by atoms with E-state index in [4.69, 9.17) is 4.52 Å². The largest absolute Gasteiger partial charge is 0.356 e. The lowest BCUT2D eigenvalue weighted by Gasteiger charge is -2.18. The van der Waals surface area contributed by atoms with E-state index in [0.717, 1.165) is 17.0 Å². The second-order valence-corrected chi connectivity index (χ2v) is 5.09. The number of hydrogen-bond donors (Lipinski definition) is 0. The van der Waals surface area contributed by atoms with Crippen LogP contribution < -0.4 is 0 Å². The van der Waals surface area contributed by atoms with E-state index in [0.29, 0.717) is 0 Å². The van der Waals surface area contributed by atoms with Crippen LogP contribution in [0, 0.1) is 6.92 Å². The van der Waals surface area contributed by atoms with Crippen molar-refractivity contribution in [2.75, 3.05) is 0 Å². The molecule has 2 heteroatoms. The maximum atomic E-state index is 5.46. The lowest BCUT2D eigenvalue weighted by atomic mass is 9.84. The monoisotopic (exact) mass is 215 g/mol. The maximum Gasteiger partial charge on any atom is 0.170 e. The van der Waals surface area contributed by atoms with Crippen molar-refractivity contribution in [3.63, 3.8) is 0 Å². The standard InChI is InChI=1S/C14H17NO/c1-10-12(14(2,3)4)13(16-15-10)11-8-6-5-7-9-11/h5-9H,1-4H3. The molecule has 0 radical (unpaired) electrons. The van der Waals surface area contributed by atoms with Crippen LogP contribution in [0.15, 0.2) is 34.9 Å².